The molecule has 0 bridgehead atoms. The van der Waals surface area contributed by atoms with Gasteiger partial charge in [0, 0.05) is 74.8 Å². The lowest BCUT2D eigenvalue weighted by Gasteiger charge is -2.40. The van der Waals surface area contributed by atoms with Crippen LogP contribution in [0.5, 0.6) is 34.5 Å². The van der Waals surface area contributed by atoms with Gasteiger partial charge in [-0.15, -0.1) is 0 Å². The maximum absolute atomic E-state index is 6.99. The average Bonchev–Trinajstić information content (AvgIpc) is 0.996. The molecule has 4 aliphatic rings. The summed E-state index contributed by atoms with van der Waals surface area (Å²) >= 11 is 7.40. The Morgan fingerprint density at radius 3 is 0.555 bits per heavy atom. The van der Waals surface area contributed by atoms with E-state index in [9.17, 15) is 0 Å². The summed E-state index contributed by atoms with van der Waals surface area (Å²) in [4.78, 5) is 0. The van der Waals surface area contributed by atoms with Crippen LogP contribution in [-0.4, -0.2) is 42.5 Å². The van der Waals surface area contributed by atoms with Gasteiger partial charge < -0.3 is 32.5 Å². The molecule has 694 valence electrons. The fraction of sp³-hybridized carbons (Fsp3) is 0.0149. The number of hydrogen-bond acceptors (Lipinski definition) is 3. The molecule has 0 spiro atoms. The summed E-state index contributed by atoms with van der Waals surface area (Å²) in [5.74, 6) is 5.55. The molecule has 0 radical (unpaired) electrons. The lowest BCUT2D eigenvalue weighted by Crippen LogP contribution is -2.76. The number of fused-ring (bicyclic) bond motifs is 21. The summed E-state index contributed by atoms with van der Waals surface area (Å²) in [5.41, 5.74) is 19.8. The van der Waals surface area contributed by atoms with Crippen LogP contribution in [0.15, 0.2) is 543 Å². The van der Waals surface area contributed by atoms with Gasteiger partial charge >= 0.3 is 0 Å². The molecule has 4 aromatic heterocycles. The number of para-hydroxylation sites is 8. The summed E-state index contributed by atoms with van der Waals surface area (Å²) in [5, 5.41) is 25.5. The van der Waals surface area contributed by atoms with Crippen molar-refractivity contribution in [2.45, 2.75) is 13.8 Å². The SMILES string of the molecule is Brc1ccc2c(c1)[Si](c1ccccc1)(c1ccccc1)c1cc(Br)ccc1O2.C.c1ccc([Si]2(c3ccccc3)c3cc(-n4c5ccccc5c5ccccc54)ccc3Oc3ccc(-n4c5ccccc5c5ccccc54)cc32)cc1.c1ccc([Si]2(c3ccccc3)c3cc(-n4c5ccccc5c5ccccc54)ccc3Oc3ccc(-n4c5ccccc5c5ccccc54)cc32)cc1.c1ccc2c(c1)Cc1ccccc1-2. The van der Waals surface area contributed by atoms with E-state index in [0.717, 1.165) is 72.6 Å². The molecule has 0 fully saturated rings. The Labute approximate surface area is 866 Å². The normalized spacial score (nSPS) is 13.2. The van der Waals surface area contributed by atoms with Gasteiger partial charge in [-0.2, -0.15) is 0 Å². The van der Waals surface area contributed by atoms with Crippen LogP contribution in [0.4, 0.5) is 0 Å². The fourth-order valence-corrected chi connectivity index (χ4v) is 40.2. The highest BCUT2D eigenvalue weighted by Crippen LogP contribution is 2.44. The van der Waals surface area contributed by atoms with Crippen molar-refractivity contribution in [3.63, 3.8) is 0 Å². The van der Waals surface area contributed by atoms with E-state index >= 15 is 0 Å². The standard InChI is InChI=1S/2C48H32N2OSi.C24H16Br2OSi.C13H10.CH4/c2*1-3-15-35(16-4-1)52(36-17-5-2-6-18-36)47-31-33(49-41-23-11-7-19-37(41)38-20-8-12-24-42(38)49)27-29-45(47)51-46-30-28-34(32-48(46)52)50-43-25-13-9-21-39(43)40-22-10-14-26-44(40)50;25-17-11-13-21-23(15-17)28(19-7-3-1-4-8-19,20-9-5-2-6-10-20)24-16-18(26)12-14-22(24)27-21;1-3-7-12-10(5-1)9-11-6-2-4-8-13(11)12;/h2*1-32H;1-16H;1-8H,9H2;1H4. The smallest absolute Gasteiger partial charge is 0.188 e. The van der Waals surface area contributed by atoms with E-state index in [-0.39, 0.29) is 7.43 Å². The maximum Gasteiger partial charge on any atom is 0.188 e. The Morgan fingerprint density at radius 1 is 0.171 bits per heavy atom. The molecule has 0 unspecified atom stereocenters. The fourth-order valence-electron chi connectivity index (χ4n) is 24.1. The number of benzene rings is 22. The molecule has 0 saturated heterocycles. The van der Waals surface area contributed by atoms with Gasteiger partial charge in [0.1, 0.15) is 34.5 Å². The minimum absolute atomic E-state index is 0. The van der Waals surface area contributed by atoms with E-state index in [4.69, 9.17) is 14.2 Å². The van der Waals surface area contributed by atoms with E-state index in [1.807, 2.05) is 0 Å². The second kappa shape index (κ2) is 36.8. The molecule has 0 amide bonds. The third-order valence-corrected chi connectivity index (χ3v) is 45.5. The van der Waals surface area contributed by atoms with Crippen molar-refractivity contribution in [1.82, 2.24) is 18.3 Å². The van der Waals surface area contributed by atoms with Crippen molar-refractivity contribution < 1.29 is 14.2 Å². The molecule has 12 heteroatoms. The van der Waals surface area contributed by atoms with Gasteiger partial charge in [0.15, 0.2) is 24.2 Å². The zero-order valence-corrected chi connectivity index (χ0v) is 85.0. The quantitative estimate of drug-likeness (QED) is 0.128. The third kappa shape index (κ3) is 14.4. The van der Waals surface area contributed by atoms with Crippen molar-refractivity contribution in [1.29, 1.82) is 0 Å². The molecule has 26 aromatic rings. The number of halogens is 2. The highest BCUT2D eigenvalue weighted by Gasteiger charge is 2.52. The largest absolute Gasteiger partial charge is 0.458 e. The highest BCUT2D eigenvalue weighted by atomic mass is 79.9. The Hall–Kier alpha value is -16.9. The average molecular weight is 2050 g/mol. The van der Waals surface area contributed by atoms with Crippen LogP contribution in [0.3, 0.4) is 0 Å². The third-order valence-electron chi connectivity index (χ3n) is 30.1. The van der Waals surface area contributed by atoms with Gasteiger partial charge in [-0.3, -0.25) is 0 Å². The van der Waals surface area contributed by atoms with E-state index in [1.54, 1.807) is 0 Å². The zero-order valence-electron chi connectivity index (χ0n) is 78.8. The highest BCUT2D eigenvalue weighted by molar-refractivity contribution is 9.10. The van der Waals surface area contributed by atoms with Crippen LogP contribution in [0.1, 0.15) is 18.6 Å². The summed E-state index contributed by atoms with van der Waals surface area (Å²) < 4.78 is 32.2. The van der Waals surface area contributed by atoms with Crippen molar-refractivity contribution in [2.75, 3.05) is 0 Å². The van der Waals surface area contributed by atoms with E-state index in [1.165, 1.54) is 172 Å². The first-order chi connectivity index (χ1) is 71.7. The second-order valence-electron chi connectivity index (χ2n) is 37.7. The predicted molar refractivity (Wildman–Crippen MR) is 625 cm³/mol. The number of ether oxygens (including phenoxy) is 3. The van der Waals surface area contributed by atoms with Gasteiger partial charge in [-0.1, -0.05) is 415 Å². The van der Waals surface area contributed by atoms with Crippen LogP contribution in [0.2, 0.25) is 0 Å². The Morgan fingerprint density at radius 2 is 0.342 bits per heavy atom. The topological polar surface area (TPSA) is 47.4 Å². The van der Waals surface area contributed by atoms with Crippen LogP contribution >= 0.6 is 31.9 Å². The molecule has 7 nitrogen and oxygen atoms in total. The maximum atomic E-state index is 6.99. The summed E-state index contributed by atoms with van der Waals surface area (Å²) in [7, 11) is -8.50. The van der Waals surface area contributed by atoms with Gasteiger partial charge in [0.2, 0.25) is 0 Å². The van der Waals surface area contributed by atoms with E-state index < -0.39 is 24.2 Å². The molecule has 3 aliphatic heterocycles. The van der Waals surface area contributed by atoms with Gasteiger partial charge in [0.25, 0.3) is 0 Å². The molecular formula is C134H94Br2N4O3Si3. The van der Waals surface area contributed by atoms with Crippen molar-refractivity contribution >= 4 is 206 Å². The van der Waals surface area contributed by atoms with Crippen LogP contribution in [-0.2, 0) is 6.42 Å². The second-order valence-corrected chi connectivity index (χ2v) is 50.8. The number of hydrogen-bond donors (Lipinski definition) is 0. The van der Waals surface area contributed by atoms with Crippen molar-refractivity contribution in [3.05, 3.63) is 554 Å². The lowest BCUT2D eigenvalue weighted by atomic mass is 10.1. The summed E-state index contributed by atoms with van der Waals surface area (Å²) in [6.07, 6.45) is 1.10. The summed E-state index contributed by atoms with van der Waals surface area (Å²) in [6.45, 7) is 0. The first-order valence-electron chi connectivity index (χ1n) is 49.4. The predicted octanol–water partition coefficient (Wildman–Crippen LogP) is 27.3. The first-order valence-corrected chi connectivity index (χ1v) is 57.0. The molecule has 1 aliphatic carbocycles. The number of nitrogens with zero attached hydrogens (tertiary/aromatic N) is 4. The minimum atomic E-state index is -2.99. The lowest BCUT2D eigenvalue weighted by molar-refractivity contribution is 0.486. The minimum Gasteiger partial charge on any atom is -0.458 e. The Balaban J connectivity index is 0.000000108. The molecule has 7 heterocycles. The van der Waals surface area contributed by atoms with Crippen LogP contribution in [0.25, 0.3) is 121 Å². The molecule has 30 rings (SSSR count). The molecule has 0 N–H and O–H groups in total. The van der Waals surface area contributed by atoms with E-state index in [0.29, 0.717) is 0 Å². The Kier molecular flexibility index (Phi) is 22.5. The first kappa shape index (κ1) is 89.2. The molecule has 0 atom stereocenters. The van der Waals surface area contributed by atoms with Gasteiger partial charge in [-0.25, -0.2) is 0 Å². The van der Waals surface area contributed by atoms with Gasteiger partial charge in [-0.05, 0) is 249 Å². The van der Waals surface area contributed by atoms with Crippen LogP contribution in [0, 0.1) is 0 Å². The van der Waals surface area contributed by atoms with Crippen molar-refractivity contribution in [3.8, 4) is 68.4 Å². The molecular weight excluding hydrogens is 1960 g/mol. The number of rotatable bonds is 10. The molecule has 22 aromatic carbocycles. The van der Waals surface area contributed by atoms with Gasteiger partial charge in [0.05, 0.1) is 44.1 Å². The monoisotopic (exact) mass is 2050 g/mol. The van der Waals surface area contributed by atoms with Crippen molar-refractivity contribution in [2.24, 2.45) is 0 Å². The summed E-state index contributed by atoms with van der Waals surface area (Å²) in [6, 6.07) is 194. The molecule has 0 saturated carbocycles. The van der Waals surface area contributed by atoms with E-state index in [2.05, 4.69) is 584 Å². The molecule has 146 heavy (non-hydrogen) atoms. The Bertz CT molecular complexity index is 8410. The zero-order chi connectivity index (χ0) is 96.3. The van der Waals surface area contributed by atoms with Crippen LogP contribution < -0.4 is 76.5 Å². The number of aromatic nitrogens is 4.